The third-order valence-corrected chi connectivity index (χ3v) is 3.17. The van der Waals surface area contributed by atoms with Gasteiger partial charge in [-0.25, -0.2) is 4.79 Å². The highest BCUT2D eigenvalue weighted by molar-refractivity contribution is 5.75. The lowest BCUT2D eigenvalue weighted by Crippen LogP contribution is -2.41. The van der Waals surface area contributed by atoms with E-state index < -0.39 is 5.97 Å². The van der Waals surface area contributed by atoms with E-state index in [2.05, 4.69) is 20.8 Å². The number of carboxylic acids is 1. The lowest BCUT2D eigenvalue weighted by Gasteiger charge is -2.13. The molecule has 1 aromatic heterocycles. The Morgan fingerprint density at radius 3 is 2.89 bits per heavy atom. The minimum absolute atomic E-state index is 0.0667. The summed E-state index contributed by atoms with van der Waals surface area (Å²) >= 11 is 0. The maximum Gasteiger partial charge on any atom is 0.315 e. The van der Waals surface area contributed by atoms with Gasteiger partial charge >= 0.3 is 12.0 Å². The van der Waals surface area contributed by atoms with Crippen LogP contribution < -0.4 is 10.6 Å². The van der Waals surface area contributed by atoms with Gasteiger partial charge in [-0.3, -0.25) is 4.79 Å². The molecule has 1 aliphatic rings. The first-order valence-corrected chi connectivity index (χ1v) is 6.19. The van der Waals surface area contributed by atoms with Gasteiger partial charge in [0.1, 0.15) is 0 Å². The predicted octanol–water partition coefficient (Wildman–Crippen LogP) is 0.529. The molecule has 2 rings (SSSR count). The summed E-state index contributed by atoms with van der Waals surface area (Å²) in [4.78, 5) is 22.4. The zero-order valence-electron chi connectivity index (χ0n) is 10.4. The van der Waals surface area contributed by atoms with Crippen molar-refractivity contribution in [3.8, 4) is 0 Å². The number of nitrogens with zero attached hydrogens (tertiary/aromatic N) is 2. The van der Waals surface area contributed by atoms with Crippen LogP contribution in [0, 0.1) is 5.92 Å². The number of carbonyl (C=O) groups is 2. The Bertz CT molecular complexity index is 452. The van der Waals surface area contributed by atoms with Crippen molar-refractivity contribution >= 4 is 12.0 Å². The highest BCUT2D eigenvalue weighted by atomic mass is 16.4. The van der Waals surface area contributed by atoms with E-state index in [1.54, 1.807) is 18.3 Å². The first-order chi connectivity index (χ1) is 9.15. The zero-order valence-corrected chi connectivity index (χ0v) is 10.4. The Morgan fingerprint density at radius 1 is 1.42 bits per heavy atom. The molecule has 7 heteroatoms. The van der Waals surface area contributed by atoms with E-state index in [0.717, 1.165) is 0 Å². The summed E-state index contributed by atoms with van der Waals surface area (Å²) in [5, 5.41) is 21.9. The highest BCUT2D eigenvalue weighted by Crippen LogP contribution is 2.25. The van der Waals surface area contributed by atoms with Crippen LogP contribution in [0.5, 0.6) is 0 Å². The minimum atomic E-state index is -0.788. The van der Waals surface area contributed by atoms with Crippen LogP contribution in [-0.4, -0.2) is 33.3 Å². The lowest BCUT2D eigenvalue weighted by molar-refractivity contribution is -0.141. The molecule has 1 saturated carbocycles. The van der Waals surface area contributed by atoms with Gasteiger partial charge in [0.15, 0.2) is 0 Å². The number of carboxylic acid groups (broad SMARTS) is 1. The average molecular weight is 264 g/mol. The highest BCUT2D eigenvalue weighted by Gasteiger charge is 2.30. The molecule has 2 atom stereocenters. The lowest BCUT2D eigenvalue weighted by atomic mass is 10.1. The summed E-state index contributed by atoms with van der Waals surface area (Å²) in [6, 6.07) is 3.14. The fourth-order valence-electron chi connectivity index (χ4n) is 2.17. The molecule has 102 valence electrons. The van der Waals surface area contributed by atoms with Crippen molar-refractivity contribution in [2.75, 3.05) is 0 Å². The summed E-state index contributed by atoms with van der Waals surface area (Å²) < 4.78 is 0. The maximum absolute atomic E-state index is 11.6. The molecule has 0 aromatic carbocycles. The standard InChI is InChI=1S/C12H16N4O3/c17-11(18)8-3-4-9(6-8)15-12(19)13-7-10-2-1-5-14-16-10/h1-2,5,8-9H,3-4,6-7H2,(H,17,18)(H2,13,15,19)/t8-,9+/m1/s1. The summed E-state index contributed by atoms with van der Waals surface area (Å²) in [5.41, 5.74) is 0.674. The fourth-order valence-corrected chi connectivity index (χ4v) is 2.17. The second-order valence-corrected chi connectivity index (χ2v) is 4.59. The second kappa shape index (κ2) is 6.12. The smallest absolute Gasteiger partial charge is 0.315 e. The summed E-state index contributed by atoms with van der Waals surface area (Å²) in [6.45, 7) is 0.300. The number of urea groups is 1. The van der Waals surface area contributed by atoms with Gasteiger partial charge in [0, 0.05) is 12.2 Å². The van der Waals surface area contributed by atoms with E-state index in [-0.39, 0.29) is 18.0 Å². The second-order valence-electron chi connectivity index (χ2n) is 4.59. The average Bonchev–Trinajstić information content (AvgIpc) is 2.86. The predicted molar refractivity (Wildman–Crippen MR) is 66.2 cm³/mol. The van der Waals surface area contributed by atoms with Gasteiger partial charge in [-0.05, 0) is 31.4 Å². The van der Waals surface area contributed by atoms with Crippen LogP contribution in [0.4, 0.5) is 4.79 Å². The van der Waals surface area contributed by atoms with Crippen LogP contribution in [0.2, 0.25) is 0 Å². The van der Waals surface area contributed by atoms with Gasteiger partial charge in [0.25, 0.3) is 0 Å². The number of aliphatic carboxylic acids is 1. The van der Waals surface area contributed by atoms with Gasteiger partial charge in [-0.2, -0.15) is 10.2 Å². The number of carbonyl (C=O) groups excluding carboxylic acids is 1. The van der Waals surface area contributed by atoms with E-state index in [9.17, 15) is 9.59 Å². The van der Waals surface area contributed by atoms with E-state index in [1.807, 2.05) is 0 Å². The molecule has 0 aliphatic heterocycles. The third-order valence-electron chi connectivity index (χ3n) is 3.17. The molecule has 0 spiro atoms. The van der Waals surface area contributed by atoms with Crippen LogP contribution >= 0.6 is 0 Å². The Morgan fingerprint density at radius 2 is 2.26 bits per heavy atom. The Hall–Kier alpha value is -2.18. The van der Waals surface area contributed by atoms with Crippen LogP contribution in [-0.2, 0) is 11.3 Å². The molecular weight excluding hydrogens is 248 g/mol. The van der Waals surface area contributed by atoms with Gasteiger partial charge in [0.05, 0.1) is 18.2 Å². The Balaban J connectivity index is 1.72. The molecular formula is C12H16N4O3. The largest absolute Gasteiger partial charge is 0.481 e. The van der Waals surface area contributed by atoms with E-state index in [0.29, 0.717) is 31.5 Å². The third kappa shape index (κ3) is 3.90. The van der Waals surface area contributed by atoms with Crippen molar-refractivity contribution in [3.05, 3.63) is 24.0 Å². The van der Waals surface area contributed by atoms with Gasteiger partial charge < -0.3 is 15.7 Å². The van der Waals surface area contributed by atoms with Crippen molar-refractivity contribution in [2.45, 2.75) is 31.8 Å². The number of hydrogen-bond donors (Lipinski definition) is 3. The Labute approximate surface area is 110 Å². The van der Waals surface area contributed by atoms with Crippen LogP contribution in [0.25, 0.3) is 0 Å². The Kier molecular flexibility index (Phi) is 4.27. The van der Waals surface area contributed by atoms with E-state index >= 15 is 0 Å². The first kappa shape index (κ1) is 13.3. The molecule has 3 N–H and O–H groups in total. The minimum Gasteiger partial charge on any atom is -0.481 e. The molecule has 1 heterocycles. The number of amides is 2. The van der Waals surface area contributed by atoms with Crippen molar-refractivity contribution < 1.29 is 14.7 Å². The normalized spacial score (nSPS) is 21.9. The molecule has 0 unspecified atom stereocenters. The van der Waals surface area contributed by atoms with Crippen molar-refractivity contribution in [1.82, 2.24) is 20.8 Å². The zero-order chi connectivity index (χ0) is 13.7. The first-order valence-electron chi connectivity index (χ1n) is 6.19. The number of nitrogens with one attached hydrogen (secondary N) is 2. The molecule has 1 aliphatic carbocycles. The molecule has 19 heavy (non-hydrogen) atoms. The summed E-state index contributed by atoms with van der Waals surface area (Å²) in [5.74, 6) is -1.13. The molecule has 0 bridgehead atoms. The number of hydrogen-bond acceptors (Lipinski definition) is 4. The fraction of sp³-hybridized carbons (Fsp3) is 0.500. The quantitative estimate of drug-likeness (QED) is 0.735. The van der Waals surface area contributed by atoms with Crippen LogP contribution in [0.3, 0.4) is 0 Å². The molecule has 7 nitrogen and oxygen atoms in total. The SMILES string of the molecule is O=C(NCc1cccnn1)N[C@H]1CC[C@@H](C(=O)O)C1. The molecule has 1 fully saturated rings. The molecule has 2 amide bonds. The number of rotatable bonds is 4. The maximum atomic E-state index is 11.6. The topological polar surface area (TPSA) is 104 Å². The van der Waals surface area contributed by atoms with Crippen LogP contribution in [0.1, 0.15) is 25.0 Å². The van der Waals surface area contributed by atoms with Crippen molar-refractivity contribution in [2.24, 2.45) is 5.92 Å². The molecule has 0 saturated heterocycles. The summed E-state index contributed by atoms with van der Waals surface area (Å²) in [7, 11) is 0. The van der Waals surface area contributed by atoms with Crippen molar-refractivity contribution in [1.29, 1.82) is 0 Å². The van der Waals surface area contributed by atoms with Gasteiger partial charge in [0.2, 0.25) is 0 Å². The number of aromatic nitrogens is 2. The van der Waals surface area contributed by atoms with E-state index in [1.165, 1.54) is 0 Å². The van der Waals surface area contributed by atoms with Gasteiger partial charge in [-0.15, -0.1) is 0 Å². The monoisotopic (exact) mass is 264 g/mol. The van der Waals surface area contributed by atoms with Crippen LogP contribution in [0.15, 0.2) is 18.3 Å². The van der Waals surface area contributed by atoms with Gasteiger partial charge in [-0.1, -0.05) is 0 Å². The molecule has 0 radical (unpaired) electrons. The van der Waals surface area contributed by atoms with Crippen molar-refractivity contribution in [3.63, 3.8) is 0 Å². The molecule has 1 aromatic rings. The van der Waals surface area contributed by atoms with E-state index in [4.69, 9.17) is 5.11 Å². The summed E-state index contributed by atoms with van der Waals surface area (Å²) in [6.07, 6.45) is 3.38.